The predicted molar refractivity (Wildman–Crippen MR) is 103 cm³/mol. The van der Waals surface area contributed by atoms with Gasteiger partial charge in [-0.05, 0) is 48.4 Å². The van der Waals surface area contributed by atoms with Crippen LogP contribution < -0.4 is 0 Å². The number of hydrogen-bond donors (Lipinski definition) is 1. The van der Waals surface area contributed by atoms with Crippen molar-refractivity contribution in [2.45, 2.75) is 12.5 Å². The van der Waals surface area contributed by atoms with Crippen LogP contribution in [0.15, 0.2) is 54.1 Å². The maximum absolute atomic E-state index is 13.4. The largest absolute Gasteiger partial charge is 0.507 e. The first-order valence-corrected chi connectivity index (χ1v) is 9.10. The second kappa shape index (κ2) is 8.54. The van der Waals surface area contributed by atoms with Gasteiger partial charge in [0.05, 0.1) is 11.6 Å². The van der Waals surface area contributed by atoms with Crippen molar-refractivity contribution in [3.8, 4) is 0 Å². The normalized spacial score (nSPS) is 18.7. The van der Waals surface area contributed by atoms with Gasteiger partial charge in [0.25, 0.3) is 11.7 Å². The van der Waals surface area contributed by atoms with Gasteiger partial charge in [-0.15, -0.1) is 0 Å². The SMILES string of the molecule is COCCCN1C(=O)C(=O)/C(=C(/O)c2ccc(Cl)cc2)[C@H]1c1ccc(F)cc1. The molecule has 1 N–H and O–H groups in total. The van der Waals surface area contributed by atoms with E-state index in [4.69, 9.17) is 16.3 Å². The highest BCUT2D eigenvalue weighted by atomic mass is 35.5. The van der Waals surface area contributed by atoms with E-state index in [0.717, 1.165) is 0 Å². The summed E-state index contributed by atoms with van der Waals surface area (Å²) >= 11 is 5.89. The molecule has 1 aliphatic rings. The Morgan fingerprint density at radius 3 is 2.39 bits per heavy atom. The number of halogens is 2. The molecule has 1 atom stereocenters. The second-order valence-electron chi connectivity index (χ2n) is 6.40. The molecule has 0 aromatic heterocycles. The summed E-state index contributed by atoms with van der Waals surface area (Å²) < 4.78 is 18.4. The zero-order valence-corrected chi connectivity index (χ0v) is 15.9. The molecule has 2 aromatic rings. The lowest BCUT2D eigenvalue weighted by Gasteiger charge is -2.25. The van der Waals surface area contributed by atoms with Crippen molar-refractivity contribution in [3.63, 3.8) is 0 Å². The first kappa shape index (κ1) is 20.0. The summed E-state index contributed by atoms with van der Waals surface area (Å²) in [5, 5.41) is 11.3. The molecule has 0 aliphatic carbocycles. The number of likely N-dealkylation sites (tertiary alicyclic amines) is 1. The molecule has 1 aliphatic heterocycles. The van der Waals surface area contributed by atoms with Crippen molar-refractivity contribution in [1.82, 2.24) is 4.90 Å². The summed E-state index contributed by atoms with van der Waals surface area (Å²) in [7, 11) is 1.55. The van der Waals surface area contributed by atoms with Crippen molar-refractivity contribution in [2.24, 2.45) is 0 Å². The summed E-state index contributed by atoms with van der Waals surface area (Å²) in [6.45, 7) is 0.675. The summed E-state index contributed by atoms with van der Waals surface area (Å²) in [6, 6.07) is 11.0. The Morgan fingerprint density at radius 2 is 1.79 bits per heavy atom. The lowest BCUT2D eigenvalue weighted by atomic mass is 9.95. The molecular formula is C21H19ClFNO4. The fourth-order valence-electron chi connectivity index (χ4n) is 3.24. The molecule has 7 heteroatoms. The number of aliphatic hydroxyl groups excluding tert-OH is 1. The van der Waals surface area contributed by atoms with Gasteiger partial charge in [0, 0.05) is 30.8 Å². The number of carbonyl (C=O) groups is 2. The Hall–Kier alpha value is -2.70. The molecule has 0 spiro atoms. The highest BCUT2D eigenvalue weighted by molar-refractivity contribution is 6.46. The van der Waals surface area contributed by atoms with Crippen LogP contribution in [0.1, 0.15) is 23.6 Å². The summed E-state index contributed by atoms with van der Waals surface area (Å²) in [6.07, 6.45) is 0.516. The molecule has 1 heterocycles. The van der Waals surface area contributed by atoms with Crippen LogP contribution in [0.4, 0.5) is 4.39 Å². The van der Waals surface area contributed by atoms with Crippen LogP contribution in [0, 0.1) is 5.82 Å². The van der Waals surface area contributed by atoms with E-state index in [2.05, 4.69) is 0 Å². The Morgan fingerprint density at radius 1 is 1.14 bits per heavy atom. The van der Waals surface area contributed by atoms with Crippen molar-refractivity contribution < 1.29 is 23.8 Å². The van der Waals surface area contributed by atoms with Crippen LogP contribution in [0.3, 0.4) is 0 Å². The van der Waals surface area contributed by atoms with Gasteiger partial charge in [-0.2, -0.15) is 0 Å². The minimum Gasteiger partial charge on any atom is -0.507 e. The number of Topliss-reactive ketones (excluding diaryl/α,β-unsaturated/α-hetero) is 1. The molecule has 1 fully saturated rings. The number of rotatable bonds is 6. The maximum atomic E-state index is 13.4. The van der Waals surface area contributed by atoms with Crippen molar-refractivity contribution in [1.29, 1.82) is 0 Å². The van der Waals surface area contributed by atoms with E-state index < -0.39 is 23.5 Å². The van der Waals surface area contributed by atoms with Gasteiger partial charge in [-0.3, -0.25) is 9.59 Å². The number of ether oxygens (including phenoxy) is 1. The molecule has 3 rings (SSSR count). The number of aliphatic hydroxyl groups is 1. The average molecular weight is 404 g/mol. The number of ketones is 1. The van der Waals surface area contributed by atoms with E-state index in [1.54, 1.807) is 31.4 Å². The van der Waals surface area contributed by atoms with Gasteiger partial charge < -0.3 is 14.7 Å². The highest BCUT2D eigenvalue weighted by Gasteiger charge is 2.45. The first-order chi connectivity index (χ1) is 13.4. The molecule has 0 saturated carbocycles. The Labute approximate surface area is 167 Å². The molecule has 0 unspecified atom stereocenters. The van der Waals surface area contributed by atoms with Crippen LogP contribution >= 0.6 is 11.6 Å². The number of amides is 1. The van der Waals surface area contributed by atoms with Crippen molar-refractivity contribution in [3.05, 3.63) is 76.1 Å². The van der Waals surface area contributed by atoms with Gasteiger partial charge in [0.2, 0.25) is 0 Å². The number of methoxy groups -OCH3 is 1. The van der Waals surface area contributed by atoms with Gasteiger partial charge in [-0.1, -0.05) is 23.7 Å². The lowest BCUT2D eigenvalue weighted by molar-refractivity contribution is -0.140. The smallest absolute Gasteiger partial charge is 0.295 e. The number of benzene rings is 2. The standard InChI is InChI=1S/C21H19ClFNO4/c1-28-12-2-11-24-18(13-5-9-16(23)10-6-13)17(20(26)21(24)27)19(25)14-3-7-15(22)8-4-14/h3-10,18,25H,2,11-12H2,1H3/b19-17+/t18-/m1/s1. The third-order valence-corrected chi connectivity index (χ3v) is 4.84. The zero-order valence-electron chi connectivity index (χ0n) is 15.2. The fourth-order valence-corrected chi connectivity index (χ4v) is 3.37. The van der Waals surface area contributed by atoms with E-state index in [1.165, 1.54) is 29.2 Å². The van der Waals surface area contributed by atoms with Crippen LogP contribution in [0.5, 0.6) is 0 Å². The monoisotopic (exact) mass is 403 g/mol. The summed E-state index contributed by atoms with van der Waals surface area (Å²) in [5.74, 6) is -2.21. The van der Waals surface area contributed by atoms with Crippen LogP contribution in [0.2, 0.25) is 5.02 Å². The lowest BCUT2D eigenvalue weighted by Crippen LogP contribution is -2.31. The molecular weight excluding hydrogens is 385 g/mol. The quantitative estimate of drug-likeness (QED) is 0.343. The molecule has 2 aromatic carbocycles. The van der Waals surface area contributed by atoms with Crippen LogP contribution in [-0.2, 0) is 14.3 Å². The van der Waals surface area contributed by atoms with Crippen molar-refractivity contribution in [2.75, 3.05) is 20.3 Å². The Bertz CT molecular complexity index is 909. The van der Waals surface area contributed by atoms with E-state index in [1.807, 2.05) is 0 Å². The first-order valence-electron chi connectivity index (χ1n) is 8.72. The van der Waals surface area contributed by atoms with Crippen molar-refractivity contribution >= 4 is 29.1 Å². The fraction of sp³-hybridized carbons (Fsp3) is 0.238. The highest BCUT2D eigenvalue weighted by Crippen LogP contribution is 2.39. The molecule has 28 heavy (non-hydrogen) atoms. The average Bonchev–Trinajstić information content (AvgIpc) is 2.94. The molecule has 1 amide bonds. The number of nitrogens with zero attached hydrogens (tertiary/aromatic N) is 1. The van der Waals surface area contributed by atoms with E-state index in [0.29, 0.717) is 29.2 Å². The minimum atomic E-state index is -0.812. The molecule has 5 nitrogen and oxygen atoms in total. The summed E-state index contributed by atoms with van der Waals surface area (Å²) in [5.41, 5.74) is 0.872. The van der Waals surface area contributed by atoms with Gasteiger partial charge in [0.15, 0.2) is 0 Å². The number of hydrogen-bond acceptors (Lipinski definition) is 4. The third-order valence-electron chi connectivity index (χ3n) is 4.59. The number of carbonyl (C=O) groups excluding carboxylic acids is 2. The van der Waals surface area contributed by atoms with Gasteiger partial charge in [-0.25, -0.2) is 4.39 Å². The zero-order chi connectivity index (χ0) is 20.3. The van der Waals surface area contributed by atoms with E-state index in [9.17, 15) is 19.1 Å². The molecule has 146 valence electrons. The predicted octanol–water partition coefficient (Wildman–Crippen LogP) is 3.94. The third kappa shape index (κ3) is 3.93. The van der Waals surface area contributed by atoms with Crippen LogP contribution in [-0.4, -0.2) is 42.0 Å². The van der Waals surface area contributed by atoms with Crippen LogP contribution in [0.25, 0.3) is 5.76 Å². The van der Waals surface area contributed by atoms with E-state index in [-0.39, 0.29) is 17.9 Å². The Balaban J connectivity index is 2.10. The maximum Gasteiger partial charge on any atom is 0.295 e. The molecule has 0 radical (unpaired) electrons. The van der Waals surface area contributed by atoms with Gasteiger partial charge in [0.1, 0.15) is 11.6 Å². The Kier molecular flexibility index (Phi) is 6.11. The topological polar surface area (TPSA) is 66.8 Å². The minimum absolute atomic E-state index is 0.0312. The van der Waals surface area contributed by atoms with Gasteiger partial charge >= 0.3 is 0 Å². The molecule has 1 saturated heterocycles. The molecule has 0 bridgehead atoms. The van der Waals surface area contributed by atoms with E-state index >= 15 is 0 Å². The second-order valence-corrected chi connectivity index (χ2v) is 6.83. The summed E-state index contributed by atoms with van der Waals surface area (Å²) in [4.78, 5) is 26.8.